The van der Waals surface area contributed by atoms with Gasteiger partial charge in [0, 0.05) is 24.5 Å². The van der Waals surface area contributed by atoms with Gasteiger partial charge in [-0.3, -0.25) is 0 Å². The van der Waals surface area contributed by atoms with Crippen molar-refractivity contribution in [3.05, 3.63) is 88.5 Å². The lowest BCUT2D eigenvalue weighted by atomic mass is 9.82. The fourth-order valence-electron chi connectivity index (χ4n) is 3.20. The molecule has 2 aromatic carbocycles. The van der Waals surface area contributed by atoms with E-state index in [4.69, 9.17) is 16.3 Å². The SMILES string of the molecule is COCn1ccnc1C(O)(c1ccc(Cl)cc1)c1ccc(C(C)(C)C)cc1. The maximum absolute atomic E-state index is 11.9. The lowest BCUT2D eigenvalue weighted by Gasteiger charge is -2.30. The van der Waals surface area contributed by atoms with E-state index >= 15 is 0 Å². The molecule has 3 rings (SSSR count). The summed E-state index contributed by atoms with van der Waals surface area (Å²) in [6.45, 7) is 6.79. The highest BCUT2D eigenvalue weighted by Crippen LogP contribution is 2.37. The summed E-state index contributed by atoms with van der Waals surface area (Å²) in [4.78, 5) is 4.45. The van der Waals surface area contributed by atoms with Crippen molar-refractivity contribution in [3.63, 3.8) is 0 Å². The molecule has 0 aliphatic carbocycles. The van der Waals surface area contributed by atoms with E-state index in [9.17, 15) is 5.11 Å². The molecule has 0 spiro atoms. The first kappa shape index (κ1) is 19.6. The number of halogens is 1. The average molecular weight is 385 g/mol. The second-order valence-electron chi connectivity index (χ2n) is 7.68. The maximum atomic E-state index is 11.9. The standard InChI is InChI=1S/C22H25ClN2O2/c1-21(2,3)16-5-7-17(8-6-16)22(26,18-9-11-19(23)12-10-18)20-24-13-14-25(20)15-27-4/h5-14,26H,15H2,1-4H3. The maximum Gasteiger partial charge on any atom is 0.173 e. The third kappa shape index (κ3) is 3.79. The van der Waals surface area contributed by atoms with E-state index in [1.54, 1.807) is 36.2 Å². The molecule has 0 saturated heterocycles. The molecule has 3 aromatic rings. The predicted octanol–water partition coefficient (Wildman–Crippen LogP) is 4.72. The van der Waals surface area contributed by atoms with Crippen molar-refractivity contribution in [3.8, 4) is 0 Å². The molecule has 1 atom stereocenters. The zero-order chi connectivity index (χ0) is 19.7. The first-order chi connectivity index (χ1) is 12.8. The summed E-state index contributed by atoms with van der Waals surface area (Å²) in [6, 6.07) is 15.2. The van der Waals surface area contributed by atoms with Crippen LogP contribution in [0, 0.1) is 0 Å². The zero-order valence-corrected chi connectivity index (χ0v) is 16.9. The van der Waals surface area contributed by atoms with Gasteiger partial charge in [0.15, 0.2) is 11.4 Å². The Morgan fingerprint density at radius 3 is 2.00 bits per heavy atom. The molecule has 5 heteroatoms. The minimum Gasteiger partial charge on any atom is -0.373 e. The van der Waals surface area contributed by atoms with Crippen molar-refractivity contribution < 1.29 is 9.84 Å². The van der Waals surface area contributed by atoms with Crippen LogP contribution < -0.4 is 0 Å². The van der Waals surface area contributed by atoms with E-state index in [-0.39, 0.29) is 5.41 Å². The summed E-state index contributed by atoms with van der Waals surface area (Å²) < 4.78 is 7.07. The van der Waals surface area contributed by atoms with Crippen molar-refractivity contribution >= 4 is 11.6 Å². The molecule has 0 amide bonds. The van der Waals surface area contributed by atoms with Crippen molar-refractivity contribution in [1.29, 1.82) is 0 Å². The van der Waals surface area contributed by atoms with Crippen LogP contribution in [0.5, 0.6) is 0 Å². The topological polar surface area (TPSA) is 47.3 Å². The van der Waals surface area contributed by atoms with Gasteiger partial charge in [-0.05, 0) is 34.2 Å². The summed E-state index contributed by atoms with van der Waals surface area (Å²) in [5, 5.41) is 12.5. The van der Waals surface area contributed by atoms with E-state index in [1.807, 2.05) is 24.3 Å². The Bertz CT molecular complexity index is 895. The van der Waals surface area contributed by atoms with Crippen molar-refractivity contribution in [2.75, 3.05) is 7.11 Å². The summed E-state index contributed by atoms with van der Waals surface area (Å²) in [5.74, 6) is 0.496. The number of hydrogen-bond donors (Lipinski definition) is 1. The third-order valence-electron chi connectivity index (χ3n) is 4.74. The smallest absolute Gasteiger partial charge is 0.173 e. The number of aliphatic hydroxyl groups is 1. The van der Waals surface area contributed by atoms with Crippen LogP contribution >= 0.6 is 11.6 Å². The molecule has 0 aliphatic heterocycles. The normalized spacial score (nSPS) is 14.1. The van der Waals surface area contributed by atoms with E-state index in [2.05, 4.69) is 37.9 Å². The number of aromatic nitrogens is 2. The second-order valence-corrected chi connectivity index (χ2v) is 8.12. The molecule has 1 N–H and O–H groups in total. The molecule has 4 nitrogen and oxygen atoms in total. The van der Waals surface area contributed by atoms with Gasteiger partial charge in [0.1, 0.15) is 6.73 Å². The lowest BCUT2D eigenvalue weighted by Crippen LogP contribution is -2.33. The van der Waals surface area contributed by atoms with Gasteiger partial charge in [-0.1, -0.05) is 68.8 Å². The van der Waals surface area contributed by atoms with Crippen molar-refractivity contribution in [2.24, 2.45) is 0 Å². The number of rotatable bonds is 5. The van der Waals surface area contributed by atoms with Gasteiger partial charge < -0.3 is 14.4 Å². The number of imidazole rings is 1. The molecule has 0 bridgehead atoms. The molecule has 142 valence electrons. The largest absolute Gasteiger partial charge is 0.373 e. The first-order valence-electron chi connectivity index (χ1n) is 8.87. The van der Waals surface area contributed by atoms with Gasteiger partial charge in [-0.2, -0.15) is 0 Å². The number of benzene rings is 2. The molecule has 0 radical (unpaired) electrons. The predicted molar refractivity (Wildman–Crippen MR) is 108 cm³/mol. The molecular weight excluding hydrogens is 360 g/mol. The minimum atomic E-state index is -1.43. The van der Waals surface area contributed by atoms with Gasteiger partial charge in [-0.25, -0.2) is 4.98 Å². The fourth-order valence-corrected chi connectivity index (χ4v) is 3.33. The summed E-state index contributed by atoms with van der Waals surface area (Å²) in [6.07, 6.45) is 3.46. The molecular formula is C22H25ClN2O2. The van der Waals surface area contributed by atoms with Crippen molar-refractivity contribution in [1.82, 2.24) is 9.55 Å². The number of ether oxygens (including phenoxy) is 1. The van der Waals surface area contributed by atoms with Gasteiger partial charge in [-0.15, -0.1) is 0 Å². The minimum absolute atomic E-state index is 0.0332. The quantitative estimate of drug-likeness (QED) is 0.692. The van der Waals surface area contributed by atoms with E-state index in [0.717, 1.165) is 5.56 Å². The highest BCUT2D eigenvalue weighted by atomic mass is 35.5. The van der Waals surface area contributed by atoms with Crippen LogP contribution in [-0.2, 0) is 22.5 Å². The Morgan fingerprint density at radius 2 is 1.48 bits per heavy atom. The van der Waals surface area contributed by atoms with Crippen LogP contribution in [0.1, 0.15) is 43.3 Å². The Hall–Kier alpha value is -2.14. The first-order valence-corrected chi connectivity index (χ1v) is 9.24. The highest BCUT2D eigenvalue weighted by molar-refractivity contribution is 6.30. The number of nitrogens with zero attached hydrogens (tertiary/aromatic N) is 2. The average Bonchev–Trinajstić information content (AvgIpc) is 3.10. The Kier molecular flexibility index (Phi) is 5.43. The molecule has 0 fully saturated rings. The summed E-state index contributed by atoms with van der Waals surface area (Å²) in [7, 11) is 1.61. The third-order valence-corrected chi connectivity index (χ3v) is 4.99. The van der Waals surface area contributed by atoms with Gasteiger partial charge in [0.2, 0.25) is 0 Å². The Balaban J connectivity index is 2.18. The van der Waals surface area contributed by atoms with Crippen LogP contribution in [0.15, 0.2) is 60.9 Å². The van der Waals surface area contributed by atoms with Crippen LogP contribution in [0.2, 0.25) is 5.02 Å². The summed E-state index contributed by atoms with van der Waals surface area (Å²) >= 11 is 6.06. The van der Waals surface area contributed by atoms with Crippen LogP contribution in [0.4, 0.5) is 0 Å². The molecule has 1 heterocycles. The van der Waals surface area contributed by atoms with Gasteiger partial charge in [0.25, 0.3) is 0 Å². The summed E-state index contributed by atoms with van der Waals surface area (Å²) in [5.41, 5.74) is 1.24. The highest BCUT2D eigenvalue weighted by Gasteiger charge is 2.38. The molecule has 1 unspecified atom stereocenters. The van der Waals surface area contributed by atoms with Crippen LogP contribution in [0.25, 0.3) is 0 Å². The zero-order valence-electron chi connectivity index (χ0n) is 16.1. The van der Waals surface area contributed by atoms with E-state index in [1.165, 1.54) is 5.56 Å². The monoisotopic (exact) mass is 384 g/mol. The fraction of sp³-hybridized carbons (Fsp3) is 0.318. The Morgan fingerprint density at radius 1 is 0.963 bits per heavy atom. The molecule has 27 heavy (non-hydrogen) atoms. The van der Waals surface area contributed by atoms with Gasteiger partial charge >= 0.3 is 0 Å². The van der Waals surface area contributed by atoms with Crippen LogP contribution in [0.3, 0.4) is 0 Å². The van der Waals surface area contributed by atoms with Gasteiger partial charge in [0.05, 0.1) is 0 Å². The second kappa shape index (κ2) is 7.47. The molecule has 1 aromatic heterocycles. The number of hydrogen-bond acceptors (Lipinski definition) is 3. The van der Waals surface area contributed by atoms with Crippen LogP contribution in [-0.4, -0.2) is 21.8 Å². The Labute approximate surface area is 165 Å². The van der Waals surface area contributed by atoms with E-state index in [0.29, 0.717) is 23.1 Å². The van der Waals surface area contributed by atoms with E-state index < -0.39 is 5.60 Å². The molecule has 0 aliphatic rings. The van der Waals surface area contributed by atoms with Crippen molar-refractivity contribution in [2.45, 2.75) is 38.5 Å². The lowest BCUT2D eigenvalue weighted by molar-refractivity contribution is 0.0845. The molecule has 0 saturated carbocycles. The number of methoxy groups -OCH3 is 1.